The molecule has 0 atom stereocenters. The molecule has 0 saturated carbocycles. The number of hydrogen-bond acceptors (Lipinski definition) is 3. The van der Waals surface area contributed by atoms with E-state index in [-0.39, 0.29) is 17.7 Å². The number of para-hydroxylation sites is 1. The first-order valence-corrected chi connectivity index (χ1v) is 10.7. The highest BCUT2D eigenvalue weighted by molar-refractivity contribution is 5.92. The number of rotatable bonds is 6. The molecule has 5 heteroatoms. The van der Waals surface area contributed by atoms with Gasteiger partial charge in [-0.1, -0.05) is 24.3 Å². The Balaban J connectivity index is 1.18. The number of likely N-dealkylation sites (tertiary alicyclic amines) is 1. The van der Waals surface area contributed by atoms with Gasteiger partial charge in [-0.15, -0.1) is 0 Å². The van der Waals surface area contributed by atoms with Crippen LogP contribution in [0.3, 0.4) is 0 Å². The predicted octanol–water partition coefficient (Wildman–Crippen LogP) is 3.85. The van der Waals surface area contributed by atoms with Gasteiger partial charge in [0.15, 0.2) is 0 Å². The lowest BCUT2D eigenvalue weighted by atomic mass is 9.95. The van der Waals surface area contributed by atoms with Crippen LogP contribution in [0.25, 0.3) is 0 Å². The largest absolute Gasteiger partial charge is 0.326 e. The Labute approximate surface area is 172 Å². The molecule has 1 aliphatic heterocycles. The number of anilines is 2. The molecule has 0 unspecified atom stereocenters. The summed E-state index contributed by atoms with van der Waals surface area (Å²) in [6, 6.07) is 15.9. The van der Waals surface area contributed by atoms with Crippen LogP contribution in [0.5, 0.6) is 0 Å². The van der Waals surface area contributed by atoms with E-state index in [1.165, 1.54) is 17.5 Å². The van der Waals surface area contributed by atoms with Gasteiger partial charge in [0.1, 0.15) is 0 Å². The van der Waals surface area contributed by atoms with Gasteiger partial charge >= 0.3 is 0 Å². The van der Waals surface area contributed by atoms with E-state index in [4.69, 9.17) is 0 Å². The first-order chi connectivity index (χ1) is 14.2. The number of amides is 2. The van der Waals surface area contributed by atoms with E-state index in [0.717, 1.165) is 56.7 Å². The Morgan fingerprint density at radius 2 is 1.66 bits per heavy atom. The van der Waals surface area contributed by atoms with Crippen LogP contribution in [0.1, 0.15) is 36.8 Å². The summed E-state index contributed by atoms with van der Waals surface area (Å²) in [5, 5.41) is 6.04. The Hall–Kier alpha value is -2.66. The van der Waals surface area contributed by atoms with Gasteiger partial charge in [-0.25, -0.2) is 0 Å². The number of nitrogens with one attached hydrogen (secondary N) is 2. The third-order valence-corrected chi connectivity index (χ3v) is 6.04. The highest BCUT2D eigenvalue weighted by Crippen LogP contribution is 2.25. The van der Waals surface area contributed by atoms with Gasteiger partial charge < -0.3 is 15.5 Å². The van der Waals surface area contributed by atoms with E-state index in [9.17, 15) is 9.59 Å². The van der Waals surface area contributed by atoms with E-state index in [0.29, 0.717) is 6.42 Å². The standard InChI is InChI=1S/C24H29N3O2/c28-23(25-22-10-9-18-5-4-6-20(18)17-22)13-16-27-14-11-19(12-15-27)24(29)26-21-7-2-1-3-8-21/h1-3,7-10,17,19H,4-6,11-16H2,(H,25,28)(H,26,29). The van der Waals surface area contributed by atoms with E-state index >= 15 is 0 Å². The van der Waals surface area contributed by atoms with Crippen molar-refractivity contribution in [2.45, 2.75) is 38.5 Å². The Kier molecular flexibility index (Phi) is 6.25. The van der Waals surface area contributed by atoms with Crippen LogP contribution in [0.4, 0.5) is 11.4 Å². The second kappa shape index (κ2) is 9.23. The van der Waals surface area contributed by atoms with Gasteiger partial charge in [0.2, 0.25) is 11.8 Å². The maximum atomic E-state index is 12.4. The highest BCUT2D eigenvalue weighted by Gasteiger charge is 2.25. The second-order valence-corrected chi connectivity index (χ2v) is 8.11. The molecule has 4 rings (SSSR count). The van der Waals surface area contributed by atoms with Crippen molar-refractivity contribution < 1.29 is 9.59 Å². The van der Waals surface area contributed by atoms with E-state index in [1.54, 1.807) is 0 Å². The van der Waals surface area contributed by atoms with Crippen molar-refractivity contribution in [2.24, 2.45) is 5.92 Å². The molecule has 2 aromatic carbocycles. The summed E-state index contributed by atoms with van der Waals surface area (Å²) >= 11 is 0. The minimum Gasteiger partial charge on any atom is -0.326 e. The zero-order valence-corrected chi connectivity index (χ0v) is 16.8. The third-order valence-electron chi connectivity index (χ3n) is 6.04. The van der Waals surface area contributed by atoms with Crippen LogP contribution in [0, 0.1) is 5.92 Å². The summed E-state index contributed by atoms with van der Waals surface area (Å²) in [6.07, 6.45) is 5.65. The van der Waals surface area contributed by atoms with Crippen LogP contribution in [0.15, 0.2) is 48.5 Å². The number of fused-ring (bicyclic) bond motifs is 1. The summed E-state index contributed by atoms with van der Waals surface area (Å²) in [7, 11) is 0. The maximum absolute atomic E-state index is 12.4. The molecule has 2 aliphatic rings. The van der Waals surface area contributed by atoms with E-state index in [2.05, 4.69) is 27.7 Å². The normalized spacial score (nSPS) is 17.0. The average molecular weight is 392 g/mol. The lowest BCUT2D eigenvalue weighted by molar-refractivity contribution is -0.121. The molecule has 1 aliphatic carbocycles. The zero-order valence-electron chi connectivity index (χ0n) is 16.8. The maximum Gasteiger partial charge on any atom is 0.227 e. The molecule has 29 heavy (non-hydrogen) atoms. The summed E-state index contributed by atoms with van der Waals surface area (Å²) in [5.74, 6) is 0.212. The number of carbonyl (C=O) groups excluding carboxylic acids is 2. The predicted molar refractivity (Wildman–Crippen MR) is 116 cm³/mol. The first-order valence-electron chi connectivity index (χ1n) is 10.7. The fourth-order valence-electron chi connectivity index (χ4n) is 4.32. The molecular weight excluding hydrogens is 362 g/mol. The van der Waals surface area contributed by atoms with Gasteiger partial charge in [0.05, 0.1) is 0 Å². The van der Waals surface area contributed by atoms with Crippen LogP contribution in [-0.4, -0.2) is 36.3 Å². The molecule has 0 bridgehead atoms. The number of hydrogen-bond donors (Lipinski definition) is 2. The smallest absolute Gasteiger partial charge is 0.227 e. The topological polar surface area (TPSA) is 61.4 Å². The second-order valence-electron chi connectivity index (χ2n) is 8.11. The molecule has 2 N–H and O–H groups in total. The number of aryl methyl sites for hydroxylation is 2. The SMILES string of the molecule is O=C(CCN1CCC(C(=O)Nc2ccccc2)CC1)Nc1ccc2c(c1)CCC2. The highest BCUT2D eigenvalue weighted by atomic mass is 16.2. The lowest BCUT2D eigenvalue weighted by Crippen LogP contribution is -2.39. The van der Waals surface area contributed by atoms with Gasteiger partial charge in [-0.2, -0.15) is 0 Å². The molecule has 0 radical (unpaired) electrons. The Morgan fingerprint density at radius 3 is 2.45 bits per heavy atom. The summed E-state index contributed by atoms with van der Waals surface area (Å²) in [4.78, 5) is 27.0. The van der Waals surface area contributed by atoms with Crippen molar-refractivity contribution in [3.05, 3.63) is 59.7 Å². The van der Waals surface area contributed by atoms with Crippen molar-refractivity contribution in [2.75, 3.05) is 30.3 Å². The number of piperidine rings is 1. The monoisotopic (exact) mass is 391 g/mol. The van der Waals surface area contributed by atoms with Crippen molar-refractivity contribution >= 4 is 23.2 Å². The molecule has 0 aromatic heterocycles. The number of benzene rings is 2. The van der Waals surface area contributed by atoms with Crippen LogP contribution >= 0.6 is 0 Å². The summed E-state index contributed by atoms with van der Waals surface area (Å²) in [6.45, 7) is 2.46. The average Bonchev–Trinajstić information content (AvgIpc) is 3.21. The minimum absolute atomic E-state index is 0.0479. The van der Waals surface area contributed by atoms with Gasteiger partial charge in [-0.3, -0.25) is 9.59 Å². The van der Waals surface area contributed by atoms with Crippen molar-refractivity contribution in [1.82, 2.24) is 4.90 Å². The Bertz CT molecular complexity index is 858. The Morgan fingerprint density at radius 1 is 0.897 bits per heavy atom. The fraction of sp³-hybridized carbons (Fsp3) is 0.417. The van der Waals surface area contributed by atoms with Gasteiger partial charge in [0.25, 0.3) is 0 Å². The molecular formula is C24H29N3O2. The van der Waals surface area contributed by atoms with Gasteiger partial charge in [-0.05, 0) is 80.6 Å². The van der Waals surface area contributed by atoms with E-state index < -0.39 is 0 Å². The molecule has 1 saturated heterocycles. The fourth-order valence-corrected chi connectivity index (χ4v) is 4.32. The lowest BCUT2D eigenvalue weighted by Gasteiger charge is -2.31. The molecule has 1 fully saturated rings. The third kappa shape index (κ3) is 5.24. The summed E-state index contributed by atoms with van der Waals surface area (Å²) < 4.78 is 0. The quantitative estimate of drug-likeness (QED) is 0.786. The zero-order chi connectivity index (χ0) is 20.1. The molecule has 1 heterocycles. The molecule has 2 amide bonds. The van der Waals surface area contributed by atoms with Gasteiger partial charge in [0, 0.05) is 30.3 Å². The molecule has 152 valence electrons. The van der Waals surface area contributed by atoms with Crippen molar-refractivity contribution in [3.8, 4) is 0 Å². The molecule has 0 spiro atoms. The van der Waals surface area contributed by atoms with Crippen molar-refractivity contribution in [1.29, 1.82) is 0 Å². The first kappa shape index (κ1) is 19.6. The molecule has 2 aromatic rings. The van der Waals surface area contributed by atoms with Crippen LogP contribution < -0.4 is 10.6 Å². The van der Waals surface area contributed by atoms with Crippen LogP contribution in [0.2, 0.25) is 0 Å². The summed E-state index contributed by atoms with van der Waals surface area (Å²) in [5.41, 5.74) is 4.55. The number of carbonyl (C=O) groups is 2. The van der Waals surface area contributed by atoms with Crippen molar-refractivity contribution in [3.63, 3.8) is 0 Å². The molecule has 5 nitrogen and oxygen atoms in total. The van der Waals surface area contributed by atoms with Crippen LogP contribution in [-0.2, 0) is 22.4 Å². The number of nitrogens with zero attached hydrogens (tertiary/aromatic N) is 1. The van der Waals surface area contributed by atoms with E-state index in [1.807, 2.05) is 36.4 Å². The minimum atomic E-state index is 0.0479.